The molecule has 0 spiro atoms. The number of rotatable bonds is 0. The van der Waals surface area contributed by atoms with Crippen molar-refractivity contribution in [1.29, 1.82) is 0 Å². The van der Waals surface area contributed by atoms with Crippen LogP contribution >= 0.6 is 0 Å². The van der Waals surface area contributed by atoms with Gasteiger partial charge in [-0.1, -0.05) is 6.08 Å². The molecule has 1 aliphatic heterocycles. The highest BCUT2D eigenvalue weighted by Crippen LogP contribution is 2.38. The quantitative estimate of drug-likeness (QED) is 0.477. The summed E-state index contributed by atoms with van der Waals surface area (Å²) in [4.78, 5) is 12.8. The summed E-state index contributed by atoms with van der Waals surface area (Å²) in [6.07, 6.45) is 2.15. The van der Waals surface area contributed by atoms with Crippen molar-refractivity contribution in [2.24, 2.45) is 0 Å². The molecule has 3 aromatic rings. The zero-order valence-corrected chi connectivity index (χ0v) is 13.4. The summed E-state index contributed by atoms with van der Waals surface area (Å²) in [5.41, 5.74) is 10.4. The van der Waals surface area contributed by atoms with E-state index in [2.05, 4.69) is 25.2 Å². The molecule has 0 fully saturated rings. The third-order valence-electron chi connectivity index (χ3n) is 4.29. The molecular formula is C19H20N2O2. The lowest BCUT2D eigenvalue weighted by Crippen LogP contribution is -2.31. The lowest BCUT2D eigenvalue weighted by Gasteiger charge is -2.31. The van der Waals surface area contributed by atoms with Gasteiger partial charge < -0.3 is 15.5 Å². The lowest BCUT2D eigenvalue weighted by atomic mass is 9.90. The minimum atomic E-state index is -0.133. The number of anilines is 2. The molecule has 0 saturated heterocycles. The van der Waals surface area contributed by atoms with Crippen LogP contribution in [0.1, 0.15) is 27.8 Å². The molecule has 1 aromatic heterocycles. The van der Waals surface area contributed by atoms with E-state index in [1.807, 2.05) is 19.1 Å². The second-order valence-electron chi connectivity index (χ2n) is 6.73. The van der Waals surface area contributed by atoms with Crippen molar-refractivity contribution in [3.05, 3.63) is 52.2 Å². The van der Waals surface area contributed by atoms with Crippen LogP contribution in [0.5, 0.6) is 0 Å². The van der Waals surface area contributed by atoms with E-state index in [0.717, 1.165) is 16.8 Å². The average Bonchev–Trinajstić information content (AvgIpc) is 2.44. The van der Waals surface area contributed by atoms with Gasteiger partial charge in [-0.05, 0) is 50.6 Å². The Bertz CT molecular complexity index is 1060. The van der Waals surface area contributed by atoms with E-state index >= 15 is 0 Å². The van der Waals surface area contributed by atoms with Crippen molar-refractivity contribution in [1.82, 2.24) is 0 Å². The van der Waals surface area contributed by atoms with Gasteiger partial charge in [0.1, 0.15) is 11.2 Å². The first-order valence-corrected chi connectivity index (χ1v) is 7.63. The van der Waals surface area contributed by atoms with Crippen LogP contribution in [0.3, 0.4) is 0 Å². The molecule has 4 rings (SSSR count). The summed E-state index contributed by atoms with van der Waals surface area (Å²) in [5.74, 6) is 0. The molecule has 0 aliphatic carbocycles. The SMILES string of the molecule is CC1=CC(C)(C)Nc2ccc3c(=O)c4ccc(N)cc4oc3c21.[HH]. The molecule has 2 heterocycles. The Labute approximate surface area is 135 Å². The number of fused-ring (bicyclic) bond motifs is 4. The number of allylic oxidation sites excluding steroid dienone is 1. The van der Waals surface area contributed by atoms with Crippen LogP contribution in [0.2, 0.25) is 0 Å². The number of nitrogens with one attached hydrogen (secondary N) is 1. The molecule has 0 atom stereocenters. The second kappa shape index (κ2) is 4.38. The highest BCUT2D eigenvalue weighted by Gasteiger charge is 2.25. The second-order valence-corrected chi connectivity index (χ2v) is 6.73. The molecule has 3 N–H and O–H groups in total. The summed E-state index contributed by atoms with van der Waals surface area (Å²) in [7, 11) is 0. The van der Waals surface area contributed by atoms with Crippen LogP contribution in [-0.4, -0.2) is 5.54 Å². The van der Waals surface area contributed by atoms with Crippen molar-refractivity contribution in [3.8, 4) is 0 Å². The zero-order valence-electron chi connectivity index (χ0n) is 13.4. The third kappa shape index (κ3) is 2.02. The number of nitrogens with two attached hydrogens (primary N) is 1. The van der Waals surface area contributed by atoms with Crippen molar-refractivity contribution in [3.63, 3.8) is 0 Å². The molecule has 4 nitrogen and oxygen atoms in total. The maximum Gasteiger partial charge on any atom is 0.200 e. The van der Waals surface area contributed by atoms with Crippen LogP contribution < -0.4 is 16.5 Å². The fourth-order valence-corrected chi connectivity index (χ4v) is 3.43. The molecule has 0 radical (unpaired) electrons. The molecule has 1 aliphatic rings. The molecule has 23 heavy (non-hydrogen) atoms. The molecule has 0 unspecified atom stereocenters. The Hall–Kier alpha value is -2.75. The Morgan fingerprint density at radius 2 is 1.91 bits per heavy atom. The fourth-order valence-electron chi connectivity index (χ4n) is 3.43. The maximum atomic E-state index is 12.8. The van der Waals surface area contributed by atoms with Crippen molar-refractivity contribution in [2.75, 3.05) is 11.1 Å². The standard InChI is InChI=1S/C19H18N2O2.H2/c1-10-9-19(2,3)21-14-7-6-13-17(22)12-5-4-11(20)8-15(12)23-18(13)16(10)14;/h4-9,21H,20H2,1-3H3;1H. The van der Waals surface area contributed by atoms with Gasteiger partial charge in [-0.2, -0.15) is 0 Å². The van der Waals surface area contributed by atoms with Gasteiger partial charge in [0, 0.05) is 24.4 Å². The van der Waals surface area contributed by atoms with E-state index in [-0.39, 0.29) is 12.4 Å². The average molecular weight is 308 g/mol. The van der Waals surface area contributed by atoms with Crippen molar-refractivity contribution < 1.29 is 5.84 Å². The molecular weight excluding hydrogens is 288 g/mol. The van der Waals surface area contributed by atoms with Gasteiger partial charge in [0.05, 0.1) is 16.3 Å². The molecule has 4 heteroatoms. The topological polar surface area (TPSA) is 68.3 Å². The van der Waals surface area contributed by atoms with Crippen LogP contribution in [0.15, 0.2) is 45.6 Å². The molecule has 2 aromatic carbocycles. The van der Waals surface area contributed by atoms with Gasteiger partial charge in [0.2, 0.25) is 5.43 Å². The van der Waals surface area contributed by atoms with Crippen LogP contribution in [-0.2, 0) is 0 Å². The van der Waals surface area contributed by atoms with Gasteiger partial charge in [0.25, 0.3) is 0 Å². The number of hydrogen-bond acceptors (Lipinski definition) is 4. The summed E-state index contributed by atoms with van der Waals surface area (Å²) in [6, 6.07) is 8.93. The summed E-state index contributed by atoms with van der Waals surface area (Å²) in [5, 5.41) is 4.62. The van der Waals surface area contributed by atoms with Crippen LogP contribution in [0.4, 0.5) is 11.4 Å². The summed E-state index contributed by atoms with van der Waals surface area (Å²) in [6.45, 7) is 6.27. The smallest absolute Gasteiger partial charge is 0.200 e. The summed E-state index contributed by atoms with van der Waals surface area (Å²) >= 11 is 0. The number of benzene rings is 2. The Morgan fingerprint density at radius 1 is 1.17 bits per heavy atom. The normalized spacial score (nSPS) is 16.0. The predicted molar refractivity (Wildman–Crippen MR) is 97.9 cm³/mol. The Kier molecular flexibility index (Phi) is 2.64. The van der Waals surface area contributed by atoms with E-state index in [9.17, 15) is 4.79 Å². The Balaban J connectivity index is 0.00000169. The van der Waals surface area contributed by atoms with Gasteiger partial charge in [0.15, 0.2) is 0 Å². The predicted octanol–water partition coefficient (Wildman–Crippen LogP) is 4.38. The highest BCUT2D eigenvalue weighted by atomic mass is 16.3. The monoisotopic (exact) mass is 308 g/mol. The van der Waals surface area contributed by atoms with E-state index in [1.54, 1.807) is 18.2 Å². The van der Waals surface area contributed by atoms with E-state index in [4.69, 9.17) is 10.2 Å². The first kappa shape index (κ1) is 13.9. The molecule has 0 saturated carbocycles. The van der Waals surface area contributed by atoms with Crippen molar-refractivity contribution >= 4 is 38.9 Å². The van der Waals surface area contributed by atoms with Crippen molar-refractivity contribution in [2.45, 2.75) is 26.3 Å². The van der Waals surface area contributed by atoms with E-state index in [1.165, 1.54) is 0 Å². The maximum absolute atomic E-state index is 12.8. The number of hydrogen-bond donors (Lipinski definition) is 2. The fraction of sp³-hybridized carbons (Fsp3) is 0.211. The third-order valence-corrected chi connectivity index (χ3v) is 4.29. The van der Waals surface area contributed by atoms with Gasteiger partial charge >= 0.3 is 0 Å². The molecule has 118 valence electrons. The largest absolute Gasteiger partial charge is 0.455 e. The summed E-state index contributed by atoms with van der Waals surface area (Å²) < 4.78 is 6.08. The zero-order chi connectivity index (χ0) is 16.4. The first-order chi connectivity index (χ1) is 10.9. The van der Waals surface area contributed by atoms with E-state index in [0.29, 0.717) is 27.6 Å². The number of nitrogen functional groups attached to an aromatic ring is 1. The van der Waals surface area contributed by atoms with Crippen LogP contribution in [0.25, 0.3) is 27.5 Å². The van der Waals surface area contributed by atoms with Gasteiger partial charge in [-0.15, -0.1) is 0 Å². The first-order valence-electron chi connectivity index (χ1n) is 7.63. The Morgan fingerprint density at radius 3 is 2.70 bits per heavy atom. The van der Waals surface area contributed by atoms with Gasteiger partial charge in [-0.3, -0.25) is 4.79 Å². The lowest BCUT2D eigenvalue weighted by molar-refractivity contribution is 0.656. The molecule has 0 amide bonds. The van der Waals surface area contributed by atoms with E-state index < -0.39 is 0 Å². The van der Waals surface area contributed by atoms with Crippen LogP contribution in [0, 0.1) is 0 Å². The highest BCUT2D eigenvalue weighted by molar-refractivity contribution is 6.00. The minimum Gasteiger partial charge on any atom is -0.455 e. The minimum absolute atomic E-state index is 0. The van der Waals surface area contributed by atoms with Gasteiger partial charge in [-0.25, -0.2) is 0 Å². The molecule has 0 bridgehead atoms.